The molecule has 192 valence electrons. The summed E-state index contributed by atoms with van der Waals surface area (Å²) in [5.74, 6) is 0. The van der Waals surface area contributed by atoms with Gasteiger partial charge in [0.1, 0.15) is 0 Å². The van der Waals surface area contributed by atoms with Crippen molar-refractivity contribution in [2.75, 3.05) is 45.8 Å². The Morgan fingerprint density at radius 3 is 2.32 bits per heavy atom. The Labute approximate surface area is 202 Å². The van der Waals surface area contributed by atoms with Gasteiger partial charge in [0.15, 0.2) is 0 Å². The van der Waals surface area contributed by atoms with E-state index < -0.39 is 16.2 Å². The highest BCUT2D eigenvalue weighted by Gasteiger charge is 2.13. The van der Waals surface area contributed by atoms with E-state index in [0.717, 1.165) is 44.0 Å². The molecule has 2 rings (SSSR count). The molecule has 0 aliphatic heterocycles. The van der Waals surface area contributed by atoms with Gasteiger partial charge < -0.3 is 15.5 Å². The molecule has 0 radical (unpaired) electrons. The molecule has 0 bridgehead atoms. The fourth-order valence-corrected chi connectivity index (χ4v) is 4.00. The summed E-state index contributed by atoms with van der Waals surface area (Å²) in [4.78, 5) is 4.32. The highest BCUT2D eigenvalue weighted by atomic mass is 32.2. The van der Waals surface area contributed by atoms with E-state index in [9.17, 15) is 18.6 Å². The molecule has 2 aromatic rings. The van der Waals surface area contributed by atoms with E-state index in [-0.39, 0.29) is 11.0 Å². The first-order chi connectivity index (χ1) is 16.1. The number of benzene rings is 1. The molecule has 4 N–H and O–H groups in total. The lowest BCUT2D eigenvalue weighted by Crippen LogP contribution is -2.42. The number of nitrogens with zero attached hydrogens (tertiary/aromatic N) is 5. The van der Waals surface area contributed by atoms with Gasteiger partial charge >= 0.3 is 0 Å². The van der Waals surface area contributed by atoms with Crippen LogP contribution in [0.1, 0.15) is 32.0 Å². The first kappa shape index (κ1) is 28.3. The Kier molecular flexibility index (Phi) is 11.5. The molecule has 0 amide bonds. The van der Waals surface area contributed by atoms with Gasteiger partial charge in [0.05, 0.1) is 35.5 Å². The van der Waals surface area contributed by atoms with Gasteiger partial charge in [-0.3, -0.25) is 14.4 Å². The minimum Gasteiger partial charge on any atom is -0.392 e. The summed E-state index contributed by atoms with van der Waals surface area (Å²) >= 11 is 0. The first-order valence-electron chi connectivity index (χ1n) is 11.5. The molecule has 1 aromatic heterocycles. The maximum atomic E-state index is 11.2. The average Bonchev–Trinajstić information content (AvgIpc) is 3.19. The van der Waals surface area contributed by atoms with Crippen LogP contribution in [0.15, 0.2) is 35.4 Å². The molecule has 1 heterocycles. The second kappa shape index (κ2) is 13.8. The Bertz CT molecular complexity index is 949. The molecular formula is C22H38N6O5S. The van der Waals surface area contributed by atoms with Crippen molar-refractivity contribution in [2.24, 2.45) is 0 Å². The Morgan fingerprint density at radius 1 is 1.06 bits per heavy atom. The van der Waals surface area contributed by atoms with E-state index in [4.69, 9.17) is 4.55 Å². The van der Waals surface area contributed by atoms with Crippen LogP contribution in [0.2, 0.25) is 0 Å². The monoisotopic (exact) mass is 498 g/mol. The Hall–Kier alpha value is -1.93. The van der Waals surface area contributed by atoms with Crippen molar-refractivity contribution in [1.82, 2.24) is 30.1 Å². The fraction of sp³-hybridized carbons (Fsp3) is 0.636. The molecule has 0 aliphatic rings. The second-order valence-corrected chi connectivity index (χ2v) is 10.0. The molecule has 0 aliphatic carbocycles. The molecule has 0 saturated heterocycles. The molecule has 12 heteroatoms. The molecule has 34 heavy (non-hydrogen) atoms. The maximum Gasteiger partial charge on any atom is 0.294 e. The largest absolute Gasteiger partial charge is 0.392 e. The zero-order chi connectivity index (χ0) is 25.1. The van der Waals surface area contributed by atoms with Crippen LogP contribution in [-0.2, 0) is 23.2 Å². The molecule has 2 atom stereocenters. The lowest BCUT2D eigenvalue weighted by Gasteiger charge is -2.27. The van der Waals surface area contributed by atoms with Gasteiger partial charge in [-0.15, -0.1) is 5.10 Å². The van der Waals surface area contributed by atoms with Crippen LogP contribution in [0.3, 0.4) is 0 Å². The third-order valence-corrected chi connectivity index (χ3v) is 6.15. The highest BCUT2D eigenvalue weighted by Crippen LogP contribution is 2.11. The summed E-state index contributed by atoms with van der Waals surface area (Å²) in [7, 11) is -4.20. The fourth-order valence-electron chi connectivity index (χ4n) is 3.52. The third kappa shape index (κ3) is 10.6. The number of rotatable bonds is 16. The van der Waals surface area contributed by atoms with Crippen molar-refractivity contribution in [2.45, 2.75) is 51.0 Å². The molecule has 0 saturated carbocycles. The van der Waals surface area contributed by atoms with Crippen LogP contribution in [-0.4, -0.2) is 106 Å². The third-order valence-electron chi connectivity index (χ3n) is 5.28. The minimum absolute atomic E-state index is 0.141. The molecule has 11 nitrogen and oxygen atoms in total. The highest BCUT2D eigenvalue weighted by molar-refractivity contribution is 7.85. The molecular weight excluding hydrogens is 460 g/mol. The Morgan fingerprint density at radius 2 is 1.74 bits per heavy atom. The minimum atomic E-state index is -4.20. The topological polar surface area (TPSA) is 144 Å². The molecule has 1 aromatic carbocycles. The average molecular weight is 499 g/mol. The lowest BCUT2D eigenvalue weighted by atomic mass is 10.2. The predicted molar refractivity (Wildman–Crippen MR) is 129 cm³/mol. The number of nitrogens with one attached hydrogen (secondary N) is 1. The first-order valence-corrected chi connectivity index (χ1v) is 13.0. The van der Waals surface area contributed by atoms with E-state index in [1.165, 1.54) is 12.1 Å². The van der Waals surface area contributed by atoms with Gasteiger partial charge in [0.2, 0.25) is 0 Å². The van der Waals surface area contributed by atoms with Crippen LogP contribution < -0.4 is 5.32 Å². The van der Waals surface area contributed by atoms with Crippen molar-refractivity contribution in [3.8, 4) is 0 Å². The predicted octanol–water partition coefficient (Wildman–Crippen LogP) is 0.0482. The normalized spacial score (nSPS) is 14.1. The van der Waals surface area contributed by atoms with E-state index in [1.54, 1.807) is 30.7 Å². The molecule has 1 unspecified atom stereocenters. The van der Waals surface area contributed by atoms with Gasteiger partial charge in [-0.25, -0.2) is 4.68 Å². The Balaban J connectivity index is 1.87. The van der Waals surface area contributed by atoms with Crippen molar-refractivity contribution >= 4 is 10.1 Å². The quantitative estimate of drug-likeness (QED) is 0.185. The van der Waals surface area contributed by atoms with Crippen LogP contribution in [0.5, 0.6) is 0 Å². The summed E-state index contributed by atoms with van der Waals surface area (Å²) in [6, 6.07) is 5.99. The zero-order valence-electron chi connectivity index (χ0n) is 20.2. The van der Waals surface area contributed by atoms with Crippen LogP contribution in [0.4, 0.5) is 0 Å². The van der Waals surface area contributed by atoms with Crippen LogP contribution >= 0.6 is 0 Å². The van der Waals surface area contributed by atoms with Gasteiger partial charge in [-0.2, -0.15) is 8.42 Å². The number of aromatic nitrogens is 3. The summed E-state index contributed by atoms with van der Waals surface area (Å²) in [6.07, 6.45) is 1.07. The summed E-state index contributed by atoms with van der Waals surface area (Å²) in [5.41, 5.74) is 1.67. The van der Waals surface area contributed by atoms with Crippen molar-refractivity contribution in [1.29, 1.82) is 0 Å². The summed E-state index contributed by atoms with van der Waals surface area (Å²) in [6.45, 7) is 11.8. The summed E-state index contributed by atoms with van der Waals surface area (Å²) < 4.78 is 33.1. The van der Waals surface area contributed by atoms with E-state index in [0.29, 0.717) is 26.2 Å². The van der Waals surface area contributed by atoms with Crippen LogP contribution in [0, 0.1) is 0 Å². The lowest BCUT2D eigenvalue weighted by molar-refractivity contribution is 0.114. The standard InChI is InChI=1S/C22H38N6O5S/c1-4-26(11-12-27(14-19(3)30)10-9-23-13-18(2)29)16-21-17-28(25-24-21)15-20-5-7-22(8-6-20)34(31,32)33/h5-8,17-19,23,29-30H,4,9-16H2,1-3H3,(H,31,32,33)/t18-,19?/m0/s1. The second-order valence-electron chi connectivity index (χ2n) is 8.60. The van der Waals surface area contributed by atoms with Crippen molar-refractivity contribution in [3.63, 3.8) is 0 Å². The molecule has 0 fully saturated rings. The van der Waals surface area contributed by atoms with E-state index >= 15 is 0 Å². The maximum absolute atomic E-state index is 11.2. The van der Waals surface area contributed by atoms with Crippen LogP contribution in [0.25, 0.3) is 0 Å². The van der Waals surface area contributed by atoms with Gasteiger partial charge in [0, 0.05) is 45.8 Å². The van der Waals surface area contributed by atoms with Crippen molar-refractivity contribution < 1.29 is 23.2 Å². The smallest absolute Gasteiger partial charge is 0.294 e. The summed E-state index contributed by atoms with van der Waals surface area (Å²) in [5, 5.41) is 30.8. The van der Waals surface area contributed by atoms with Crippen molar-refractivity contribution in [3.05, 3.63) is 41.7 Å². The zero-order valence-corrected chi connectivity index (χ0v) is 21.0. The van der Waals surface area contributed by atoms with Gasteiger partial charge in [-0.05, 0) is 38.1 Å². The van der Waals surface area contributed by atoms with Gasteiger partial charge in [-0.1, -0.05) is 24.3 Å². The number of aliphatic hydroxyl groups excluding tert-OH is 2. The number of hydrogen-bond acceptors (Lipinski definition) is 9. The van der Waals surface area contributed by atoms with E-state index in [1.807, 2.05) is 6.20 Å². The van der Waals surface area contributed by atoms with Gasteiger partial charge in [0.25, 0.3) is 10.1 Å². The number of hydrogen-bond donors (Lipinski definition) is 4. The SMILES string of the molecule is CCN(CCN(CCNC[C@H](C)O)CC(C)O)Cc1cn(Cc2ccc(S(=O)(=O)O)cc2)nn1. The molecule has 0 spiro atoms. The number of likely N-dealkylation sites (N-methyl/N-ethyl adjacent to an activating group) is 1. The number of aliphatic hydroxyl groups is 2. The van der Waals surface area contributed by atoms with E-state index in [2.05, 4.69) is 32.4 Å².